The molecular formula is C21H26O2S2. The van der Waals surface area contributed by atoms with Gasteiger partial charge in [0.25, 0.3) is 0 Å². The minimum absolute atomic E-state index is 0.252. The van der Waals surface area contributed by atoms with Gasteiger partial charge in [0.15, 0.2) is 0 Å². The average molecular weight is 375 g/mol. The Balaban J connectivity index is 1.88. The van der Waals surface area contributed by atoms with Crippen LogP contribution in [0, 0.1) is 0 Å². The van der Waals surface area contributed by atoms with E-state index >= 15 is 0 Å². The molecule has 2 heterocycles. The molecule has 0 aliphatic heterocycles. The summed E-state index contributed by atoms with van der Waals surface area (Å²) in [6.07, 6.45) is 13.9. The zero-order valence-electron chi connectivity index (χ0n) is 15.0. The summed E-state index contributed by atoms with van der Waals surface area (Å²) in [5.41, 5.74) is 0. The SMILES string of the molecule is C/C=C/C=C/COC(=O)c1ccc(-c2ccc(CCCCCC)s2)s1. The number of unbranched alkanes of at least 4 members (excludes halogenated alkanes) is 3. The van der Waals surface area contributed by atoms with E-state index in [-0.39, 0.29) is 5.97 Å². The van der Waals surface area contributed by atoms with Crippen molar-refractivity contribution in [3.8, 4) is 9.75 Å². The molecule has 0 aliphatic rings. The van der Waals surface area contributed by atoms with E-state index in [1.807, 2.05) is 54.7 Å². The first-order chi connectivity index (χ1) is 12.2. The highest BCUT2D eigenvalue weighted by atomic mass is 32.1. The van der Waals surface area contributed by atoms with E-state index in [1.54, 1.807) is 0 Å². The van der Waals surface area contributed by atoms with Crippen molar-refractivity contribution in [2.24, 2.45) is 0 Å². The molecule has 2 rings (SSSR count). The second-order valence-electron chi connectivity index (χ2n) is 5.79. The molecule has 0 spiro atoms. The van der Waals surface area contributed by atoms with E-state index in [2.05, 4.69) is 19.1 Å². The molecule has 0 unspecified atom stereocenters. The Morgan fingerprint density at radius 3 is 2.64 bits per heavy atom. The van der Waals surface area contributed by atoms with Crippen LogP contribution in [0.3, 0.4) is 0 Å². The van der Waals surface area contributed by atoms with Gasteiger partial charge in [-0.05, 0) is 50.1 Å². The standard InChI is InChI=1S/C21H26O2S2/c1-3-5-7-9-11-17-12-13-18(24-17)19-14-15-20(25-19)21(22)23-16-10-8-6-4-2/h4,6,8,10,12-15H,3,5,7,9,11,16H2,1-2H3/b6-4+,10-8+. The monoisotopic (exact) mass is 374 g/mol. The normalized spacial score (nSPS) is 11.6. The number of carbonyl (C=O) groups excluding carboxylic acids is 1. The molecule has 0 radical (unpaired) electrons. The fourth-order valence-electron chi connectivity index (χ4n) is 2.39. The molecule has 0 atom stereocenters. The Morgan fingerprint density at radius 2 is 1.84 bits per heavy atom. The van der Waals surface area contributed by atoms with Gasteiger partial charge in [-0.1, -0.05) is 44.4 Å². The number of rotatable bonds is 10. The minimum atomic E-state index is -0.252. The predicted octanol–water partition coefficient (Wildman–Crippen LogP) is 6.89. The second kappa shape index (κ2) is 11.1. The lowest BCUT2D eigenvalue weighted by Crippen LogP contribution is -2.02. The van der Waals surface area contributed by atoms with Crippen LogP contribution in [0.5, 0.6) is 0 Å². The number of aryl methyl sites for hydroxylation is 1. The third kappa shape index (κ3) is 6.63. The summed E-state index contributed by atoms with van der Waals surface area (Å²) < 4.78 is 5.26. The minimum Gasteiger partial charge on any atom is -0.457 e. The van der Waals surface area contributed by atoms with Crippen LogP contribution in [0.2, 0.25) is 0 Å². The number of hydrogen-bond donors (Lipinski definition) is 0. The van der Waals surface area contributed by atoms with Crippen molar-refractivity contribution in [1.82, 2.24) is 0 Å². The highest BCUT2D eigenvalue weighted by molar-refractivity contribution is 7.23. The van der Waals surface area contributed by atoms with Crippen molar-refractivity contribution < 1.29 is 9.53 Å². The van der Waals surface area contributed by atoms with Gasteiger partial charge in [-0.2, -0.15) is 0 Å². The van der Waals surface area contributed by atoms with E-state index < -0.39 is 0 Å². The summed E-state index contributed by atoms with van der Waals surface area (Å²) in [5.74, 6) is -0.252. The van der Waals surface area contributed by atoms with E-state index in [9.17, 15) is 4.79 Å². The second-order valence-corrected chi connectivity index (χ2v) is 8.05. The lowest BCUT2D eigenvalue weighted by molar-refractivity contribution is 0.0555. The predicted molar refractivity (Wildman–Crippen MR) is 110 cm³/mol. The van der Waals surface area contributed by atoms with Crippen molar-refractivity contribution in [2.45, 2.75) is 46.0 Å². The highest BCUT2D eigenvalue weighted by Gasteiger charge is 2.12. The summed E-state index contributed by atoms with van der Waals surface area (Å²) in [7, 11) is 0. The van der Waals surface area contributed by atoms with Crippen LogP contribution in [0.1, 0.15) is 54.1 Å². The van der Waals surface area contributed by atoms with Crippen LogP contribution in [0.25, 0.3) is 9.75 Å². The first kappa shape index (κ1) is 19.7. The largest absolute Gasteiger partial charge is 0.457 e. The summed E-state index contributed by atoms with van der Waals surface area (Å²) in [4.78, 5) is 16.5. The lowest BCUT2D eigenvalue weighted by Gasteiger charge is -1.98. The maximum absolute atomic E-state index is 12.1. The molecule has 2 aromatic rings. The topological polar surface area (TPSA) is 26.3 Å². The molecular weight excluding hydrogens is 348 g/mol. The third-order valence-corrected chi connectivity index (χ3v) is 6.14. The maximum atomic E-state index is 12.1. The maximum Gasteiger partial charge on any atom is 0.348 e. The number of hydrogen-bond acceptors (Lipinski definition) is 4. The van der Waals surface area contributed by atoms with Gasteiger partial charge in [-0.15, -0.1) is 22.7 Å². The zero-order chi connectivity index (χ0) is 17.9. The molecule has 0 bridgehead atoms. The molecule has 0 amide bonds. The number of ether oxygens (including phenoxy) is 1. The van der Waals surface area contributed by atoms with Gasteiger partial charge in [0.2, 0.25) is 0 Å². The van der Waals surface area contributed by atoms with Crippen molar-refractivity contribution in [3.05, 3.63) is 58.3 Å². The molecule has 0 N–H and O–H groups in total. The first-order valence-electron chi connectivity index (χ1n) is 8.88. The van der Waals surface area contributed by atoms with E-state index in [1.165, 1.54) is 46.8 Å². The molecule has 0 saturated heterocycles. The summed E-state index contributed by atoms with van der Waals surface area (Å²) >= 11 is 3.34. The van der Waals surface area contributed by atoms with Crippen molar-refractivity contribution in [2.75, 3.05) is 6.61 Å². The Bertz CT molecular complexity index is 707. The van der Waals surface area contributed by atoms with E-state index in [4.69, 9.17) is 4.74 Å². The molecule has 0 aromatic carbocycles. The van der Waals surface area contributed by atoms with Gasteiger partial charge in [-0.25, -0.2) is 4.79 Å². The van der Waals surface area contributed by atoms with Crippen LogP contribution < -0.4 is 0 Å². The molecule has 2 nitrogen and oxygen atoms in total. The smallest absolute Gasteiger partial charge is 0.348 e. The highest BCUT2D eigenvalue weighted by Crippen LogP contribution is 2.34. The zero-order valence-corrected chi connectivity index (χ0v) is 16.6. The van der Waals surface area contributed by atoms with Crippen LogP contribution in [0.15, 0.2) is 48.6 Å². The molecule has 2 aromatic heterocycles. The number of esters is 1. The number of thiophene rings is 2. The summed E-state index contributed by atoms with van der Waals surface area (Å²) in [6, 6.07) is 8.26. The Morgan fingerprint density at radius 1 is 1.04 bits per heavy atom. The quantitative estimate of drug-likeness (QED) is 0.257. The lowest BCUT2D eigenvalue weighted by atomic mass is 10.1. The van der Waals surface area contributed by atoms with Crippen LogP contribution in [0.4, 0.5) is 0 Å². The Labute approximate surface area is 158 Å². The van der Waals surface area contributed by atoms with Crippen molar-refractivity contribution >= 4 is 28.6 Å². The molecule has 0 fully saturated rings. The Hall–Kier alpha value is -1.65. The molecule has 0 saturated carbocycles. The molecule has 25 heavy (non-hydrogen) atoms. The van der Waals surface area contributed by atoms with Gasteiger partial charge < -0.3 is 4.74 Å². The van der Waals surface area contributed by atoms with Crippen LogP contribution in [-0.2, 0) is 11.2 Å². The Kier molecular flexibility index (Phi) is 8.70. The number of carbonyl (C=O) groups is 1. The fraction of sp³-hybridized carbons (Fsp3) is 0.381. The van der Waals surface area contributed by atoms with Gasteiger partial charge in [0, 0.05) is 14.6 Å². The number of allylic oxidation sites excluding steroid dienone is 3. The molecule has 0 aliphatic carbocycles. The van der Waals surface area contributed by atoms with E-state index in [0.717, 1.165) is 11.3 Å². The van der Waals surface area contributed by atoms with Gasteiger partial charge in [0.05, 0.1) is 0 Å². The molecule has 134 valence electrons. The van der Waals surface area contributed by atoms with Gasteiger partial charge >= 0.3 is 5.97 Å². The third-order valence-electron chi connectivity index (χ3n) is 3.74. The van der Waals surface area contributed by atoms with Crippen molar-refractivity contribution in [1.29, 1.82) is 0 Å². The molecule has 4 heteroatoms. The van der Waals surface area contributed by atoms with Gasteiger partial charge in [0.1, 0.15) is 11.5 Å². The average Bonchev–Trinajstić information content (AvgIpc) is 3.27. The summed E-state index contributed by atoms with van der Waals surface area (Å²) in [6.45, 7) is 4.49. The van der Waals surface area contributed by atoms with Gasteiger partial charge in [-0.3, -0.25) is 0 Å². The van der Waals surface area contributed by atoms with E-state index in [0.29, 0.717) is 11.5 Å². The first-order valence-corrected chi connectivity index (χ1v) is 10.5. The van der Waals surface area contributed by atoms with Crippen molar-refractivity contribution in [3.63, 3.8) is 0 Å². The summed E-state index contributed by atoms with van der Waals surface area (Å²) in [5, 5.41) is 0. The van der Waals surface area contributed by atoms with Crippen LogP contribution in [-0.4, -0.2) is 12.6 Å². The van der Waals surface area contributed by atoms with Crippen LogP contribution >= 0.6 is 22.7 Å². The fourth-order valence-corrected chi connectivity index (χ4v) is 4.43.